The molecule has 1 fully saturated rings. The average Bonchev–Trinajstić information content (AvgIpc) is 2.83. The predicted molar refractivity (Wildman–Crippen MR) is 143 cm³/mol. The quantitative estimate of drug-likeness (QED) is 0.504. The summed E-state index contributed by atoms with van der Waals surface area (Å²) in [6.07, 6.45) is 0.440. The normalized spacial score (nSPS) is 15.6. The third-order valence-corrected chi connectivity index (χ3v) is 6.39. The molecule has 9 heteroatoms. The van der Waals surface area contributed by atoms with Crippen LogP contribution in [-0.2, 0) is 4.74 Å². The Labute approximate surface area is 217 Å². The zero-order chi connectivity index (χ0) is 24.4. The van der Waals surface area contributed by atoms with Gasteiger partial charge in [0.1, 0.15) is 5.75 Å². The van der Waals surface area contributed by atoms with Crippen LogP contribution in [0.5, 0.6) is 5.75 Å². The summed E-state index contributed by atoms with van der Waals surface area (Å²) < 4.78 is 5.23. The van der Waals surface area contributed by atoms with Gasteiger partial charge in [-0.1, -0.05) is 24.6 Å². The second-order valence-electron chi connectivity index (χ2n) is 8.63. The van der Waals surface area contributed by atoms with Gasteiger partial charge in [-0.2, -0.15) is 13.5 Å². The Morgan fingerprint density at radius 3 is 2.63 bits per heavy atom. The number of aromatic hydroxyl groups is 1. The van der Waals surface area contributed by atoms with Gasteiger partial charge in [0, 0.05) is 42.2 Å². The first-order chi connectivity index (χ1) is 16.3. The Morgan fingerprint density at radius 2 is 1.94 bits per heavy atom. The Bertz CT molecular complexity index is 1250. The minimum absolute atomic E-state index is 0. The van der Waals surface area contributed by atoms with Crippen LogP contribution < -0.4 is 0 Å². The smallest absolute Gasteiger partial charge is 0.409 e. The maximum atomic E-state index is 13.3. The van der Waals surface area contributed by atoms with Gasteiger partial charge in [0.25, 0.3) is 5.91 Å². The maximum absolute atomic E-state index is 13.3. The van der Waals surface area contributed by atoms with Crippen LogP contribution >= 0.6 is 25.1 Å². The topological polar surface area (TPSA) is 83.0 Å². The van der Waals surface area contributed by atoms with Crippen LogP contribution in [0.1, 0.15) is 36.2 Å². The zero-order valence-corrected chi connectivity index (χ0v) is 21.8. The number of phenols is 1. The van der Waals surface area contributed by atoms with Crippen molar-refractivity contribution in [3.05, 3.63) is 58.6 Å². The number of fused-ring (bicyclic) bond motifs is 1. The van der Waals surface area contributed by atoms with Crippen molar-refractivity contribution in [1.82, 2.24) is 14.8 Å². The molecule has 3 aromatic rings. The number of aromatic nitrogens is 1. The van der Waals surface area contributed by atoms with Gasteiger partial charge in [-0.3, -0.25) is 4.79 Å². The van der Waals surface area contributed by atoms with Crippen LogP contribution in [0.2, 0.25) is 5.02 Å². The summed E-state index contributed by atoms with van der Waals surface area (Å²) in [5, 5.41) is 11.1. The number of hydrogen-bond acceptors (Lipinski definition) is 5. The number of pyridine rings is 1. The van der Waals surface area contributed by atoms with Gasteiger partial charge in [0.05, 0.1) is 22.8 Å². The highest BCUT2D eigenvalue weighted by atomic mass is 35.5. The number of nitrogens with zero attached hydrogens (tertiary/aromatic N) is 3. The molecule has 1 aliphatic rings. The molecule has 1 atom stereocenters. The van der Waals surface area contributed by atoms with Gasteiger partial charge in [-0.25, -0.2) is 9.78 Å². The summed E-state index contributed by atoms with van der Waals surface area (Å²) in [6.45, 7) is 7.38. The standard InChI is InChI=1S/C26H28ClN3O4.H2S/c1-4-11-34-26(33)29-9-10-30(17(3)15-29)25(32)19-5-7-20-21(27)14-22(28-23(20)13-19)18-6-8-24(31)16(2)12-18;/h5-8,12-14,17,31H,4,9-11,15H2,1-3H3;1H2/t17-;/m0./s1. The van der Waals surface area contributed by atoms with E-state index in [4.69, 9.17) is 21.3 Å². The first kappa shape index (κ1) is 26.6. The fourth-order valence-corrected chi connectivity index (χ4v) is 4.42. The number of carbonyl (C=O) groups excluding carboxylic acids is 2. The van der Waals surface area contributed by atoms with Crippen molar-refractivity contribution in [2.24, 2.45) is 0 Å². The first-order valence-electron chi connectivity index (χ1n) is 11.4. The van der Waals surface area contributed by atoms with Gasteiger partial charge < -0.3 is 19.6 Å². The zero-order valence-electron chi connectivity index (χ0n) is 20.0. The number of halogens is 1. The van der Waals surface area contributed by atoms with Crippen LogP contribution in [0.15, 0.2) is 42.5 Å². The third-order valence-electron chi connectivity index (χ3n) is 6.08. The molecule has 0 bridgehead atoms. The van der Waals surface area contributed by atoms with E-state index in [9.17, 15) is 14.7 Å². The number of amides is 2. The molecule has 1 aliphatic heterocycles. The Balaban J connectivity index is 0.00000342. The maximum Gasteiger partial charge on any atom is 0.409 e. The number of ether oxygens (including phenoxy) is 1. The van der Waals surface area contributed by atoms with Gasteiger partial charge >= 0.3 is 6.09 Å². The van der Waals surface area contributed by atoms with E-state index in [1.807, 2.05) is 32.9 Å². The van der Waals surface area contributed by atoms with Gasteiger partial charge in [0.15, 0.2) is 0 Å². The lowest BCUT2D eigenvalue weighted by Crippen LogP contribution is -2.55. The second-order valence-corrected chi connectivity index (χ2v) is 9.04. The molecule has 2 aromatic carbocycles. The third kappa shape index (κ3) is 5.65. The molecule has 186 valence electrons. The van der Waals surface area contributed by atoms with E-state index < -0.39 is 0 Å². The number of rotatable bonds is 4. The van der Waals surface area contributed by atoms with Crippen molar-refractivity contribution in [3.63, 3.8) is 0 Å². The van der Waals surface area contributed by atoms with Gasteiger partial charge in [0.2, 0.25) is 0 Å². The highest BCUT2D eigenvalue weighted by Gasteiger charge is 2.31. The lowest BCUT2D eigenvalue weighted by atomic mass is 10.0. The van der Waals surface area contributed by atoms with E-state index >= 15 is 0 Å². The van der Waals surface area contributed by atoms with Crippen molar-refractivity contribution >= 4 is 48.0 Å². The molecule has 0 saturated carbocycles. The average molecular weight is 516 g/mol. The van der Waals surface area contributed by atoms with E-state index in [1.54, 1.807) is 40.1 Å². The van der Waals surface area contributed by atoms with E-state index in [1.165, 1.54) is 0 Å². The number of hydrogen-bond donors (Lipinski definition) is 1. The van der Waals surface area contributed by atoms with E-state index in [2.05, 4.69) is 0 Å². The highest BCUT2D eigenvalue weighted by molar-refractivity contribution is 7.59. The second kappa shape index (κ2) is 11.2. The number of piperazine rings is 1. The van der Waals surface area contributed by atoms with Gasteiger partial charge in [-0.15, -0.1) is 0 Å². The summed E-state index contributed by atoms with van der Waals surface area (Å²) in [7, 11) is 0. The number of aryl methyl sites for hydroxylation is 1. The lowest BCUT2D eigenvalue weighted by Gasteiger charge is -2.39. The molecule has 0 radical (unpaired) electrons. The summed E-state index contributed by atoms with van der Waals surface area (Å²) in [4.78, 5) is 33.7. The molecule has 4 rings (SSSR count). The molecule has 0 spiro atoms. The summed E-state index contributed by atoms with van der Waals surface area (Å²) in [6, 6.07) is 12.2. The summed E-state index contributed by atoms with van der Waals surface area (Å²) in [5.74, 6) is 0.108. The molecule has 1 saturated heterocycles. The Hall–Kier alpha value is -2.97. The number of phenolic OH excluding ortho intramolecular Hbond substituents is 1. The number of benzene rings is 2. The molecule has 0 aliphatic carbocycles. The van der Waals surface area contributed by atoms with E-state index in [-0.39, 0.29) is 37.3 Å². The highest BCUT2D eigenvalue weighted by Crippen LogP contribution is 2.31. The van der Waals surface area contributed by atoms with Crippen molar-refractivity contribution in [2.75, 3.05) is 26.2 Å². The molecule has 0 unspecified atom stereocenters. The Kier molecular flexibility index (Phi) is 8.51. The molecule has 2 heterocycles. The van der Waals surface area contributed by atoms with Crippen LogP contribution in [-0.4, -0.2) is 64.2 Å². The lowest BCUT2D eigenvalue weighted by molar-refractivity contribution is 0.0414. The Morgan fingerprint density at radius 1 is 1.17 bits per heavy atom. The van der Waals surface area contributed by atoms with E-state index in [0.717, 1.165) is 22.9 Å². The summed E-state index contributed by atoms with van der Waals surface area (Å²) in [5.41, 5.74) is 3.37. The van der Waals surface area contributed by atoms with Crippen molar-refractivity contribution < 1.29 is 19.4 Å². The summed E-state index contributed by atoms with van der Waals surface area (Å²) >= 11 is 6.53. The molecule has 1 N–H and O–H groups in total. The SMILES string of the molecule is CCCOC(=O)N1CCN(C(=O)c2ccc3c(Cl)cc(-c4ccc(O)c(C)c4)nc3c2)[C@@H](C)C1.S. The van der Waals surface area contributed by atoms with Crippen LogP contribution in [0.3, 0.4) is 0 Å². The van der Waals surface area contributed by atoms with Crippen molar-refractivity contribution in [1.29, 1.82) is 0 Å². The minimum Gasteiger partial charge on any atom is -0.508 e. The molecular weight excluding hydrogens is 486 g/mol. The number of carbonyl (C=O) groups is 2. The largest absolute Gasteiger partial charge is 0.508 e. The molecular formula is C26H30ClN3O4S. The molecule has 1 aromatic heterocycles. The fourth-order valence-electron chi connectivity index (χ4n) is 4.15. The van der Waals surface area contributed by atoms with Crippen molar-refractivity contribution in [2.45, 2.75) is 33.2 Å². The van der Waals surface area contributed by atoms with Crippen LogP contribution in [0.25, 0.3) is 22.2 Å². The molecule has 2 amide bonds. The molecule has 7 nitrogen and oxygen atoms in total. The van der Waals surface area contributed by atoms with Crippen LogP contribution in [0, 0.1) is 6.92 Å². The molecule has 35 heavy (non-hydrogen) atoms. The monoisotopic (exact) mass is 515 g/mol. The van der Waals surface area contributed by atoms with Gasteiger partial charge in [-0.05, 0) is 62.2 Å². The fraction of sp³-hybridized carbons (Fsp3) is 0.346. The predicted octanol–water partition coefficient (Wildman–Crippen LogP) is 5.37. The first-order valence-corrected chi connectivity index (χ1v) is 11.8. The van der Waals surface area contributed by atoms with E-state index in [0.29, 0.717) is 48.0 Å². The minimum atomic E-state index is -0.331. The van der Waals surface area contributed by atoms with Crippen molar-refractivity contribution in [3.8, 4) is 17.0 Å². The van der Waals surface area contributed by atoms with Crippen LogP contribution in [0.4, 0.5) is 4.79 Å².